The van der Waals surface area contributed by atoms with Crippen LogP contribution in [-0.4, -0.2) is 29.9 Å². The van der Waals surface area contributed by atoms with Crippen LogP contribution in [0.5, 0.6) is 5.75 Å². The first-order valence-electron chi connectivity index (χ1n) is 6.58. The van der Waals surface area contributed by atoms with Gasteiger partial charge in [-0.1, -0.05) is 33.3 Å². The van der Waals surface area contributed by atoms with Crippen LogP contribution in [0, 0.1) is 0 Å². The molecule has 1 heterocycles. The normalized spacial score (nSPS) is 11.4. The zero-order valence-electron chi connectivity index (χ0n) is 12.0. The van der Waals surface area contributed by atoms with E-state index in [0.717, 1.165) is 14.1 Å². The van der Waals surface area contributed by atoms with Gasteiger partial charge in [-0.2, -0.15) is 8.42 Å². The van der Waals surface area contributed by atoms with E-state index in [-0.39, 0.29) is 4.90 Å². The average molecular weight is 394 g/mol. The maximum atomic E-state index is 12.5. The molecule has 0 spiro atoms. The van der Waals surface area contributed by atoms with Crippen molar-refractivity contribution in [2.24, 2.45) is 0 Å². The molecule has 0 saturated carbocycles. The first kappa shape index (κ1) is 15.7. The topological polar surface area (TPSA) is 74.1 Å². The molecule has 0 bridgehead atoms. The van der Waals surface area contributed by atoms with E-state index in [1.165, 1.54) is 25.4 Å². The maximum Gasteiger partial charge on any atom is 0.284 e. The molecule has 0 N–H and O–H groups in total. The molecule has 118 valence electrons. The van der Waals surface area contributed by atoms with Gasteiger partial charge >= 0.3 is 0 Å². The molecule has 3 aromatic rings. The van der Waals surface area contributed by atoms with E-state index in [2.05, 4.69) is 26.2 Å². The Hall–Kier alpha value is -2.19. The monoisotopic (exact) mass is 393 g/mol. The number of rotatable bonds is 4. The molecule has 0 radical (unpaired) electrons. The van der Waals surface area contributed by atoms with E-state index in [4.69, 9.17) is 4.74 Å². The minimum atomic E-state index is -3.78. The molecule has 0 aliphatic heterocycles. The van der Waals surface area contributed by atoms with Crippen molar-refractivity contribution in [3.8, 4) is 17.0 Å². The Bertz CT molecular complexity index is 919. The van der Waals surface area contributed by atoms with Crippen molar-refractivity contribution in [1.82, 2.24) is 14.4 Å². The fourth-order valence-corrected chi connectivity index (χ4v) is 3.31. The van der Waals surface area contributed by atoms with Crippen molar-refractivity contribution in [3.63, 3.8) is 0 Å². The van der Waals surface area contributed by atoms with Crippen LogP contribution < -0.4 is 4.74 Å². The molecule has 0 saturated heterocycles. The minimum Gasteiger partial charge on any atom is -0.497 e. The molecule has 2 aromatic carbocycles. The molecule has 8 heteroatoms. The number of nitrogens with zero attached hydrogens (tertiary/aromatic N) is 3. The first-order chi connectivity index (χ1) is 11.0. The number of benzene rings is 2. The summed E-state index contributed by atoms with van der Waals surface area (Å²) in [5, 5.41) is 7.68. The summed E-state index contributed by atoms with van der Waals surface area (Å²) in [5.41, 5.74) is 1.26. The van der Waals surface area contributed by atoms with Crippen LogP contribution in [0.15, 0.2) is 64.1 Å². The van der Waals surface area contributed by atoms with Gasteiger partial charge in [0.05, 0.1) is 18.2 Å². The average Bonchev–Trinajstić information content (AvgIpc) is 3.06. The van der Waals surface area contributed by atoms with E-state index in [1.807, 2.05) is 24.3 Å². The SMILES string of the molecule is COc1ccc(S(=O)(=O)n2cc(-c3ccc(Br)cc3)nn2)cc1. The number of methoxy groups -OCH3 is 1. The second kappa shape index (κ2) is 6.13. The molecule has 0 amide bonds. The molecule has 0 atom stereocenters. The highest BCUT2D eigenvalue weighted by atomic mass is 79.9. The van der Waals surface area contributed by atoms with Crippen LogP contribution in [0.25, 0.3) is 11.3 Å². The molecule has 23 heavy (non-hydrogen) atoms. The van der Waals surface area contributed by atoms with Gasteiger partial charge in [0.25, 0.3) is 10.0 Å². The molecular weight excluding hydrogens is 382 g/mol. The van der Waals surface area contributed by atoms with Gasteiger partial charge in [0.15, 0.2) is 0 Å². The third kappa shape index (κ3) is 3.13. The summed E-state index contributed by atoms with van der Waals surface area (Å²) in [6.45, 7) is 0. The molecule has 0 unspecified atom stereocenters. The Kier molecular flexibility index (Phi) is 4.18. The molecule has 0 aliphatic carbocycles. The lowest BCUT2D eigenvalue weighted by Crippen LogP contribution is -2.13. The summed E-state index contributed by atoms with van der Waals surface area (Å²) in [6.07, 6.45) is 1.39. The van der Waals surface area contributed by atoms with Crippen LogP contribution in [0.2, 0.25) is 0 Å². The third-order valence-electron chi connectivity index (χ3n) is 3.22. The van der Waals surface area contributed by atoms with Crippen LogP contribution in [-0.2, 0) is 10.0 Å². The fraction of sp³-hybridized carbons (Fsp3) is 0.0667. The quantitative estimate of drug-likeness (QED) is 0.680. The van der Waals surface area contributed by atoms with Gasteiger partial charge in [-0.05, 0) is 36.4 Å². The standard InChI is InChI=1S/C15H12BrN3O3S/c1-22-13-6-8-14(9-7-13)23(20,21)19-10-15(17-18-19)11-2-4-12(16)5-3-11/h2-10H,1H3. The summed E-state index contributed by atoms with van der Waals surface area (Å²) in [6, 6.07) is 13.5. The van der Waals surface area contributed by atoms with Gasteiger partial charge < -0.3 is 4.74 Å². The number of aromatic nitrogens is 3. The lowest BCUT2D eigenvalue weighted by Gasteiger charge is -2.04. The summed E-state index contributed by atoms with van der Waals surface area (Å²) >= 11 is 3.35. The molecule has 0 fully saturated rings. The number of hydrogen-bond acceptors (Lipinski definition) is 5. The fourth-order valence-electron chi connectivity index (χ4n) is 1.97. The van der Waals surface area contributed by atoms with Gasteiger partial charge in [0.1, 0.15) is 11.4 Å². The maximum absolute atomic E-state index is 12.5. The number of ether oxygens (including phenoxy) is 1. The van der Waals surface area contributed by atoms with E-state index in [9.17, 15) is 8.42 Å². The highest BCUT2D eigenvalue weighted by molar-refractivity contribution is 9.10. The number of halogens is 1. The van der Waals surface area contributed by atoms with Gasteiger partial charge in [-0.3, -0.25) is 0 Å². The minimum absolute atomic E-state index is 0.116. The zero-order valence-corrected chi connectivity index (χ0v) is 14.5. The Balaban J connectivity index is 1.96. The van der Waals surface area contributed by atoms with Gasteiger partial charge in [-0.15, -0.1) is 9.19 Å². The predicted molar refractivity (Wildman–Crippen MR) is 88.7 cm³/mol. The van der Waals surface area contributed by atoms with Crippen molar-refractivity contribution in [2.75, 3.05) is 7.11 Å². The first-order valence-corrected chi connectivity index (χ1v) is 8.82. The van der Waals surface area contributed by atoms with Crippen LogP contribution in [0.4, 0.5) is 0 Å². The second-order valence-electron chi connectivity index (χ2n) is 4.66. The summed E-state index contributed by atoms with van der Waals surface area (Å²) in [7, 11) is -2.26. The summed E-state index contributed by atoms with van der Waals surface area (Å²) < 4.78 is 31.9. The zero-order chi connectivity index (χ0) is 16.4. The van der Waals surface area contributed by atoms with E-state index >= 15 is 0 Å². The van der Waals surface area contributed by atoms with Gasteiger partial charge in [0.2, 0.25) is 0 Å². The van der Waals surface area contributed by atoms with Crippen molar-refractivity contribution < 1.29 is 13.2 Å². The second-order valence-corrected chi connectivity index (χ2v) is 7.38. The highest BCUT2D eigenvalue weighted by Gasteiger charge is 2.19. The smallest absolute Gasteiger partial charge is 0.284 e. The van der Waals surface area contributed by atoms with Crippen molar-refractivity contribution in [1.29, 1.82) is 0 Å². The van der Waals surface area contributed by atoms with Crippen molar-refractivity contribution in [3.05, 3.63) is 59.2 Å². The van der Waals surface area contributed by atoms with E-state index in [1.54, 1.807) is 12.1 Å². The van der Waals surface area contributed by atoms with E-state index in [0.29, 0.717) is 11.4 Å². The molecule has 1 aromatic heterocycles. The lowest BCUT2D eigenvalue weighted by molar-refractivity contribution is 0.414. The van der Waals surface area contributed by atoms with Crippen LogP contribution in [0.1, 0.15) is 0 Å². The van der Waals surface area contributed by atoms with Gasteiger partial charge in [0, 0.05) is 10.0 Å². The Morgan fingerprint density at radius 3 is 2.30 bits per heavy atom. The molecular formula is C15H12BrN3O3S. The Labute approximate surface area is 141 Å². The van der Waals surface area contributed by atoms with Crippen molar-refractivity contribution >= 4 is 26.0 Å². The van der Waals surface area contributed by atoms with Gasteiger partial charge in [-0.25, -0.2) is 0 Å². The van der Waals surface area contributed by atoms with E-state index < -0.39 is 10.0 Å². The Morgan fingerprint density at radius 2 is 1.70 bits per heavy atom. The highest BCUT2D eigenvalue weighted by Crippen LogP contribution is 2.22. The third-order valence-corrected chi connectivity index (χ3v) is 5.28. The lowest BCUT2D eigenvalue weighted by atomic mass is 10.2. The van der Waals surface area contributed by atoms with Crippen LogP contribution >= 0.6 is 15.9 Å². The molecule has 3 rings (SSSR count). The molecule has 0 aliphatic rings. The van der Waals surface area contributed by atoms with Crippen LogP contribution in [0.3, 0.4) is 0 Å². The van der Waals surface area contributed by atoms with Crippen molar-refractivity contribution in [2.45, 2.75) is 4.90 Å². The number of hydrogen-bond donors (Lipinski definition) is 0. The Morgan fingerprint density at radius 1 is 1.04 bits per heavy atom. The summed E-state index contributed by atoms with van der Waals surface area (Å²) in [4.78, 5) is 0.116. The largest absolute Gasteiger partial charge is 0.497 e. The summed E-state index contributed by atoms with van der Waals surface area (Å²) in [5.74, 6) is 0.582. The molecule has 6 nitrogen and oxygen atoms in total. The predicted octanol–water partition coefficient (Wildman–Crippen LogP) is 2.95.